The van der Waals surface area contributed by atoms with E-state index in [0.717, 1.165) is 6.54 Å². The van der Waals surface area contributed by atoms with E-state index in [1.54, 1.807) is 0 Å². The van der Waals surface area contributed by atoms with Crippen molar-refractivity contribution >= 4 is 0 Å². The normalized spacial score (nSPS) is 11.2. The van der Waals surface area contributed by atoms with Crippen LogP contribution < -0.4 is 4.57 Å². The highest BCUT2D eigenvalue weighted by Crippen LogP contribution is 2.14. The van der Waals surface area contributed by atoms with E-state index in [4.69, 9.17) is 0 Å². The molecule has 0 spiro atoms. The van der Waals surface area contributed by atoms with Crippen LogP contribution in [0.4, 0.5) is 0 Å². The Morgan fingerprint density at radius 2 is 1.25 bits per heavy atom. The first-order valence-electron chi connectivity index (χ1n) is 12.0. The lowest BCUT2D eigenvalue weighted by molar-refractivity contribution is -0.704. The first-order valence-corrected chi connectivity index (χ1v) is 12.0. The molecule has 0 unspecified atom stereocenters. The summed E-state index contributed by atoms with van der Waals surface area (Å²) in [5.74, 6) is 1.48. The van der Waals surface area contributed by atoms with Crippen LogP contribution in [0.3, 0.4) is 0 Å². The third-order valence-electron chi connectivity index (χ3n) is 5.80. The molecule has 0 amide bonds. The topological polar surface area (TPSA) is 8.81 Å². The highest BCUT2D eigenvalue weighted by Gasteiger charge is 2.18. The second-order valence-corrected chi connectivity index (χ2v) is 8.25. The molecule has 1 aromatic heterocycles. The van der Waals surface area contributed by atoms with Gasteiger partial charge in [0, 0.05) is 6.42 Å². The molecule has 1 heterocycles. The van der Waals surface area contributed by atoms with Crippen molar-refractivity contribution in [3.8, 4) is 5.69 Å². The largest absolute Gasteiger partial charge is 0.261 e. The minimum absolute atomic E-state index is 1.16. The standard InChI is InChI=1S/C26H43N2/c1-3-5-7-9-10-11-12-13-17-21-26-27(22-18-8-6-4-2)23-24-28(26)25-19-15-14-16-20-25/h14-16,19-20,23-24H,3-13,17-18,21-22H2,1-2H3/q+1. The lowest BCUT2D eigenvalue weighted by atomic mass is 10.1. The molecule has 0 aliphatic heterocycles. The minimum Gasteiger partial charge on any atom is -0.234 e. The Balaban J connectivity index is 1.84. The molecule has 1 aromatic carbocycles. The van der Waals surface area contributed by atoms with Gasteiger partial charge < -0.3 is 0 Å². The van der Waals surface area contributed by atoms with Gasteiger partial charge >= 0.3 is 0 Å². The molecule has 2 aromatic rings. The lowest BCUT2D eigenvalue weighted by Gasteiger charge is -2.06. The van der Waals surface area contributed by atoms with Crippen LogP contribution >= 0.6 is 0 Å². The summed E-state index contributed by atoms with van der Waals surface area (Å²) in [7, 11) is 0. The first kappa shape index (κ1) is 22.7. The van der Waals surface area contributed by atoms with Gasteiger partial charge in [-0.3, -0.25) is 0 Å². The minimum atomic E-state index is 1.16. The zero-order valence-electron chi connectivity index (χ0n) is 18.5. The molecule has 2 rings (SSSR count). The summed E-state index contributed by atoms with van der Waals surface area (Å²) >= 11 is 0. The summed E-state index contributed by atoms with van der Waals surface area (Å²) in [4.78, 5) is 0. The predicted octanol–water partition coefficient (Wildman–Crippen LogP) is 7.42. The van der Waals surface area contributed by atoms with Crippen LogP contribution in [0.5, 0.6) is 0 Å². The van der Waals surface area contributed by atoms with Crippen LogP contribution in [-0.2, 0) is 13.0 Å². The molecule has 2 nitrogen and oxygen atoms in total. The lowest BCUT2D eigenvalue weighted by Crippen LogP contribution is -2.37. The fraction of sp³-hybridized carbons (Fsp3) is 0.654. The summed E-state index contributed by atoms with van der Waals surface area (Å²) in [6.45, 7) is 5.74. The van der Waals surface area contributed by atoms with E-state index in [0.29, 0.717) is 0 Å². The van der Waals surface area contributed by atoms with Crippen molar-refractivity contribution in [1.82, 2.24) is 4.57 Å². The number of imidazole rings is 1. The summed E-state index contributed by atoms with van der Waals surface area (Å²) in [5.41, 5.74) is 1.29. The van der Waals surface area contributed by atoms with Crippen LogP contribution in [0.15, 0.2) is 42.7 Å². The first-order chi connectivity index (χ1) is 13.9. The fourth-order valence-electron chi connectivity index (χ4n) is 4.05. The maximum Gasteiger partial charge on any atom is 0.261 e. The van der Waals surface area contributed by atoms with Gasteiger partial charge in [-0.1, -0.05) is 96.3 Å². The molecule has 0 saturated carbocycles. The van der Waals surface area contributed by atoms with Gasteiger partial charge in [0.15, 0.2) is 0 Å². The van der Waals surface area contributed by atoms with E-state index in [-0.39, 0.29) is 0 Å². The van der Waals surface area contributed by atoms with E-state index in [1.807, 2.05) is 0 Å². The quantitative estimate of drug-likeness (QED) is 0.211. The average molecular weight is 384 g/mol. The highest BCUT2D eigenvalue weighted by atomic mass is 15.1. The van der Waals surface area contributed by atoms with Crippen LogP contribution in [0.1, 0.15) is 103 Å². The Morgan fingerprint density at radius 1 is 0.679 bits per heavy atom. The molecule has 0 atom stereocenters. The van der Waals surface area contributed by atoms with Crippen molar-refractivity contribution in [1.29, 1.82) is 0 Å². The van der Waals surface area contributed by atoms with Crippen molar-refractivity contribution in [2.75, 3.05) is 0 Å². The van der Waals surface area contributed by atoms with E-state index in [2.05, 4.69) is 65.7 Å². The SMILES string of the molecule is CCCCCCCCCCCc1n(-c2ccccc2)cc[n+]1CCCCCC. The molecule has 28 heavy (non-hydrogen) atoms. The maximum absolute atomic E-state index is 2.51. The number of benzene rings is 1. The number of aromatic nitrogens is 2. The van der Waals surface area contributed by atoms with Crippen molar-refractivity contribution < 1.29 is 4.57 Å². The highest BCUT2D eigenvalue weighted by molar-refractivity contribution is 5.31. The Hall–Kier alpha value is -1.57. The number of unbranched alkanes of at least 4 members (excludes halogenated alkanes) is 11. The van der Waals surface area contributed by atoms with E-state index in [9.17, 15) is 0 Å². The third kappa shape index (κ3) is 8.20. The van der Waals surface area contributed by atoms with Gasteiger partial charge in [-0.2, -0.15) is 4.57 Å². The van der Waals surface area contributed by atoms with Crippen LogP contribution in [0, 0.1) is 0 Å². The molecule has 0 N–H and O–H groups in total. The molecule has 0 fully saturated rings. The zero-order chi connectivity index (χ0) is 19.9. The molecular formula is C26H43N2+. The summed E-state index contributed by atoms with van der Waals surface area (Å²) in [5, 5.41) is 0. The van der Waals surface area contributed by atoms with E-state index in [1.165, 1.54) is 101 Å². The van der Waals surface area contributed by atoms with Gasteiger partial charge in [0.25, 0.3) is 5.82 Å². The van der Waals surface area contributed by atoms with E-state index < -0.39 is 0 Å². The number of nitrogens with zero attached hydrogens (tertiary/aromatic N) is 2. The van der Waals surface area contributed by atoms with Gasteiger partial charge in [0.2, 0.25) is 0 Å². The number of para-hydroxylation sites is 1. The number of hydrogen-bond donors (Lipinski definition) is 0. The molecule has 156 valence electrons. The molecular weight excluding hydrogens is 340 g/mol. The number of aryl methyl sites for hydroxylation is 1. The molecule has 0 aliphatic carbocycles. The van der Waals surface area contributed by atoms with Gasteiger partial charge in [0.1, 0.15) is 18.1 Å². The van der Waals surface area contributed by atoms with Gasteiger partial charge in [0.05, 0.1) is 6.54 Å². The maximum atomic E-state index is 2.51. The molecule has 0 bridgehead atoms. The van der Waals surface area contributed by atoms with Gasteiger partial charge in [-0.05, 0) is 31.4 Å². The molecule has 2 heteroatoms. The Bertz CT molecular complexity index is 615. The molecule has 0 saturated heterocycles. The zero-order valence-corrected chi connectivity index (χ0v) is 18.5. The van der Waals surface area contributed by atoms with Crippen molar-refractivity contribution in [3.05, 3.63) is 48.5 Å². The van der Waals surface area contributed by atoms with Gasteiger partial charge in [-0.15, -0.1) is 0 Å². The van der Waals surface area contributed by atoms with E-state index >= 15 is 0 Å². The molecule has 0 radical (unpaired) electrons. The van der Waals surface area contributed by atoms with Crippen molar-refractivity contribution in [3.63, 3.8) is 0 Å². The second-order valence-electron chi connectivity index (χ2n) is 8.25. The van der Waals surface area contributed by atoms with Crippen LogP contribution in [0.25, 0.3) is 5.69 Å². The van der Waals surface area contributed by atoms with Crippen molar-refractivity contribution in [2.24, 2.45) is 0 Å². The smallest absolute Gasteiger partial charge is 0.234 e. The monoisotopic (exact) mass is 383 g/mol. The summed E-state index contributed by atoms with van der Waals surface area (Å²) in [6.07, 6.45) is 23.6. The summed E-state index contributed by atoms with van der Waals surface area (Å²) in [6, 6.07) is 10.8. The average Bonchev–Trinajstić information content (AvgIpc) is 3.13. The van der Waals surface area contributed by atoms with Crippen LogP contribution in [0.2, 0.25) is 0 Å². The van der Waals surface area contributed by atoms with Crippen molar-refractivity contribution in [2.45, 2.75) is 110 Å². The Morgan fingerprint density at radius 3 is 1.89 bits per heavy atom. The fourth-order valence-corrected chi connectivity index (χ4v) is 4.05. The Kier molecular flexibility index (Phi) is 11.7. The number of rotatable bonds is 16. The Labute approximate surface area is 174 Å². The van der Waals surface area contributed by atoms with Crippen LogP contribution in [-0.4, -0.2) is 4.57 Å². The van der Waals surface area contributed by atoms with Gasteiger partial charge in [-0.25, -0.2) is 4.57 Å². The third-order valence-corrected chi connectivity index (χ3v) is 5.80. The predicted molar refractivity (Wildman–Crippen MR) is 121 cm³/mol. The summed E-state index contributed by atoms with van der Waals surface area (Å²) < 4.78 is 4.91. The molecule has 0 aliphatic rings. The number of hydrogen-bond acceptors (Lipinski definition) is 0. The second kappa shape index (κ2) is 14.4.